The maximum atomic E-state index is 12.4. The van der Waals surface area contributed by atoms with E-state index in [1.807, 2.05) is 31.3 Å². The van der Waals surface area contributed by atoms with E-state index in [2.05, 4.69) is 22.4 Å². The van der Waals surface area contributed by atoms with Crippen molar-refractivity contribution in [3.63, 3.8) is 0 Å². The van der Waals surface area contributed by atoms with Crippen molar-refractivity contribution < 1.29 is 14.3 Å². The molecule has 1 atom stereocenters. The zero-order valence-corrected chi connectivity index (χ0v) is 14.9. The van der Waals surface area contributed by atoms with Crippen LogP contribution in [0, 0.1) is 0 Å². The number of nitrogens with one attached hydrogen (secondary N) is 1. The van der Waals surface area contributed by atoms with Crippen molar-refractivity contribution >= 4 is 23.6 Å². The number of ether oxygens (including phenoxy) is 1. The second-order valence-corrected chi connectivity index (χ2v) is 6.34. The van der Waals surface area contributed by atoms with Crippen LogP contribution in [-0.2, 0) is 9.53 Å². The maximum absolute atomic E-state index is 12.4. The molecule has 26 heavy (non-hydrogen) atoms. The van der Waals surface area contributed by atoms with Crippen LogP contribution >= 0.6 is 0 Å². The summed E-state index contributed by atoms with van der Waals surface area (Å²) in [5.74, 6) is -0.733. The third-order valence-electron chi connectivity index (χ3n) is 4.44. The molecule has 0 saturated carbocycles. The van der Waals surface area contributed by atoms with Gasteiger partial charge in [-0.2, -0.15) is 0 Å². The van der Waals surface area contributed by atoms with E-state index in [4.69, 9.17) is 4.74 Å². The van der Waals surface area contributed by atoms with Crippen molar-refractivity contribution in [1.29, 1.82) is 0 Å². The number of likely N-dealkylation sites (N-methyl/N-ethyl adjacent to an activating group) is 1. The molecule has 1 N–H and O–H groups in total. The Morgan fingerprint density at radius 2 is 1.81 bits per heavy atom. The number of esters is 1. The van der Waals surface area contributed by atoms with Gasteiger partial charge in [0.25, 0.3) is 5.91 Å². The Morgan fingerprint density at radius 3 is 2.54 bits per heavy atom. The van der Waals surface area contributed by atoms with Crippen LogP contribution < -0.4 is 10.2 Å². The number of methoxy groups -OCH3 is 1. The minimum Gasteiger partial charge on any atom is -0.467 e. The number of carbonyl (C=O) groups is 2. The molecule has 0 radical (unpaired) electrons. The molecule has 0 aliphatic carbocycles. The van der Waals surface area contributed by atoms with Crippen molar-refractivity contribution in [2.45, 2.75) is 12.5 Å². The van der Waals surface area contributed by atoms with Crippen LogP contribution in [0.3, 0.4) is 0 Å². The summed E-state index contributed by atoms with van der Waals surface area (Å²) in [4.78, 5) is 26.8. The zero-order valence-electron chi connectivity index (χ0n) is 14.9. The minimum atomic E-state index is -0.724. The third kappa shape index (κ3) is 3.94. The number of amides is 1. The summed E-state index contributed by atoms with van der Waals surface area (Å²) in [7, 11) is 3.35. The van der Waals surface area contributed by atoms with E-state index in [1.165, 1.54) is 7.11 Å². The number of fused-ring (bicyclic) bond motifs is 1. The molecule has 0 fully saturated rings. The van der Waals surface area contributed by atoms with Crippen LogP contribution in [0.1, 0.15) is 22.3 Å². The van der Waals surface area contributed by atoms with E-state index in [0.717, 1.165) is 16.8 Å². The van der Waals surface area contributed by atoms with E-state index in [9.17, 15) is 9.59 Å². The summed E-state index contributed by atoms with van der Waals surface area (Å²) in [6.45, 7) is 0.700. The van der Waals surface area contributed by atoms with Gasteiger partial charge in [-0.1, -0.05) is 42.5 Å². The monoisotopic (exact) mass is 350 g/mol. The highest BCUT2D eigenvalue weighted by Crippen LogP contribution is 2.29. The summed E-state index contributed by atoms with van der Waals surface area (Å²) < 4.78 is 4.89. The average molecular weight is 350 g/mol. The lowest BCUT2D eigenvalue weighted by atomic mass is 9.97. The number of nitrogens with zero attached hydrogens (tertiary/aromatic N) is 1. The number of carbonyl (C=O) groups excluding carboxylic acids is 2. The zero-order chi connectivity index (χ0) is 18.5. The van der Waals surface area contributed by atoms with Gasteiger partial charge in [-0.25, -0.2) is 4.79 Å². The molecule has 5 nitrogen and oxygen atoms in total. The molecule has 2 aromatic rings. The number of anilines is 1. The molecule has 0 saturated heterocycles. The van der Waals surface area contributed by atoms with Gasteiger partial charge < -0.3 is 15.0 Å². The van der Waals surface area contributed by atoms with Crippen LogP contribution in [0.25, 0.3) is 6.08 Å². The summed E-state index contributed by atoms with van der Waals surface area (Å²) in [5.41, 5.74) is 3.84. The molecule has 3 rings (SSSR count). The lowest BCUT2D eigenvalue weighted by Crippen LogP contribution is -2.42. The smallest absolute Gasteiger partial charge is 0.328 e. The van der Waals surface area contributed by atoms with Gasteiger partial charge in [0.2, 0.25) is 0 Å². The van der Waals surface area contributed by atoms with Crippen LogP contribution in [0.4, 0.5) is 5.69 Å². The molecule has 1 aliphatic rings. The van der Waals surface area contributed by atoms with Crippen LogP contribution in [0.5, 0.6) is 0 Å². The Morgan fingerprint density at radius 1 is 1.12 bits per heavy atom. The molecular formula is C21H22N2O3. The Kier molecular flexibility index (Phi) is 5.37. The van der Waals surface area contributed by atoms with E-state index in [-0.39, 0.29) is 5.91 Å². The third-order valence-corrected chi connectivity index (χ3v) is 4.44. The van der Waals surface area contributed by atoms with Gasteiger partial charge in [0.15, 0.2) is 0 Å². The van der Waals surface area contributed by atoms with E-state index in [1.54, 1.807) is 24.3 Å². The van der Waals surface area contributed by atoms with Gasteiger partial charge in [-0.05, 0) is 29.3 Å². The van der Waals surface area contributed by atoms with Gasteiger partial charge in [0.1, 0.15) is 6.04 Å². The molecule has 1 unspecified atom stereocenters. The van der Waals surface area contributed by atoms with Crippen molar-refractivity contribution in [2.75, 3.05) is 25.6 Å². The Balaban J connectivity index is 1.78. The van der Waals surface area contributed by atoms with Crippen LogP contribution in [-0.4, -0.2) is 38.6 Å². The first-order valence-electron chi connectivity index (χ1n) is 8.52. The van der Waals surface area contributed by atoms with Crippen molar-refractivity contribution in [2.24, 2.45) is 0 Å². The van der Waals surface area contributed by atoms with Gasteiger partial charge in [0, 0.05) is 31.3 Å². The molecular weight excluding hydrogens is 328 g/mol. The number of benzene rings is 2. The summed E-state index contributed by atoms with van der Waals surface area (Å²) in [6, 6.07) is 16.2. The molecule has 134 valence electrons. The maximum Gasteiger partial charge on any atom is 0.328 e. The van der Waals surface area contributed by atoms with Gasteiger partial charge in [0.05, 0.1) is 7.11 Å². The highest BCUT2D eigenvalue weighted by atomic mass is 16.5. The molecule has 0 spiro atoms. The molecule has 0 aromatic heterocycles. The van der Waals surface area contributed by atoms with Crippen molar-refractivity contribution in [1.82, 2.24) is 5.32 Å². The normalized spacial score (nSPS) is 14.1. The second-order valence-electron chi connectivity index (χ2n) is 6.34. The van der Waals surface area contributed by atoms with Gasteiger partial charge >= 0.3 is 5.97 Å². The van der Waals surface area contributed by atoms with E-state index < -0.39 is 12.0 Å². The number of hydrogen-bond donors (Lipinski definition) is 1. The van der Waals surface area contributed by atoms with Crippen LogP contribution in [0.15, 0.2) is 60.2 Å². The summed E-state index contributed by atoms with van der Waals surface area (Å²) >= 11 is 0. The second kappa shape index (κ2) is 7.87. The number of hydrogen-bond acceptors (Lipinski definition) is 4. The molecule has 1 amide bonds. The molecule has 1 heterocycles. The fourth-order valence-electron chi connectivity index (χ4n) is 3.16. The van der Waals surface area contributed by atoms with Crippen molar-refractivity contribution in [3.8, 4) is 0 Å². The number of rotatable bonds is 5. The first-order chi connectivity index (χ1) is 12.6. The van der Waals surface area contributed by atoms with E-state index >= 15 is 0 Å². The van der Waals surface area contributed by atoms with Crippen molar-refractivity contribution in [3.05, 3.63) is 71.3 Å². The predicted octanol–water partition coefficient (Wildman–Crippen LogP) is 2.88. The van der Waals surface area contributed by atoms with E-state index in [0.29, 0.717) is 18.5 Å². The highest BCUT2D eigenvalue weighted by Gasteiger charge is 2.25. The predicted molar refractivity (Wildman–Crippen MR) is 102 cm³/mol. The Labute approximate surface area is 153 Å². The van der Waals surface area contributed by atoms with Gasteiger partial charge in [-0.15, -0.1) is 0 Å². The summed E-state index contributed by atoms with van der Waals surface area (Å²) in [5, 5.41) is 2.80. The average Bonchev–Trinajstić information content (AvgIpc) is 2.67. The SMILES string of the molecule is COC(=O)C(CC1=Cc2ccccc2N(C)C1)NC(=O)c1ccccc1. The first-order valence-corrected chi connectivity index (χ1v) is 8.52. The fourth-order valence-corrected chi connectivity index (χ4v) is 3.16. The van der Waals surface area contributed by atoms with Crippen LogP contribution in [0.2, 0.25) is 0 Å². The lowest BCUT2D eigenvalue weighted by Gasteiger charge is -2.29. The standard InChI is InChI=1S/C21H22N2O3/c1-23-14-15(12-17-10-6-7-11-19(17)23)13-18(21(25)26-2)22-20(24)16-8-4-3-5-9-16/h3-12,18H,13-14H2,1-2H3,(H,22,24). The van der Waals surface area contributed by atoms with Gasteiger partial charge in [-0.3, -0.25) is 4.79 Å². The molecule has 2 aromatic carbocycles. The molecule has 1 aliphatic heterocycles. The highest BCUT2D eigenvalue weighted by molar-refractivity contribution is 5.96. The number of para-hydroxylation sites is 1. The molecule has 0 bridgehead atoms. The lowest BCUT2D eigenvalue weighted by molar-refractivity contribution is -0.142. The minimum absolute atomic E-state index is 0.286. The Hall–Kier alpha value is -3.08. The first kappa shape index (κ1) is 17.7. The summed E-state index contributed by atoms with van der Waals surface area (Å²) in [6.07, 6.45) is 2.49. The Bertz CT molecular complexity index is 830. The fraction of sp³-hybridized carbons (Fsp3) is 0.238. The quantitative estimate of drug-likeness (QED) is 0.843. The molecule has 5 heteroatoms. The largest absolute Gasteiger partial charge is 0.467 e. The topological polar surface area (TPSA) is 58.6 Å².